The highest BCUT2D eigenvalue weighted by Crippen LogP contribution is 2.27. The van der Waals surface area contributed by atoms with Crippen LogP contribution in [0.1, 0.15) is 23.4 Å². The third kappa shape index (κ3) is 2.87. The van der Waals surface area contributed by atoms with Crippen molar-refractivity contribution in [3.8, 4) is 11.1 Å². The molecule has 0 spiro atoms. The molecule has 0 amide bonds. The summed E-state index contributed by atoms with van der Waals surface area (Å²) < 4.78 is 6.89. The van der Waals surface area contributed by atoms with E-state index in [2.05, 4.69) is 34.3 Å². The third-order valence-corrected chi connectivity index (χ3v) is 4.95. The highest BCUT2D eigenvalue weighted by molar-refractivity contribution is 5.69. The smallest absolute Gasteiger partial charge is 0.274 e. The van der Waals surface area contributed by atoms with Crippen LogP contribution in [0.15, 0.2) is 45.8 Å². The Kier molecular flexibility index (Phi) is 4.03. The molecule has 6 nitrogen and oxygen atoms in total. The van der Waals surface area contributed by atoms with Crippen molar-refractivity contribution in [2.24, 2.45) is 0 Å². The number of hydrogen-bond donors (Lipinski definition) is 1. The standard InChI is InChI=1S/C20H22N4O2/c1-13-19(14(2)26-22-13)16-10-18(21)20(25)24(12-16)11-15-4-6-17(7-5-15)23-8-3-9-23/h4-7,10,12H,3,8-9,11,21H2,1-2H3. The van der Waals surface area contributed by atoms with Gasteiger partial charge < -0.3 is 19.7 Å². The number of anilines is 2. The molecule has 0 atom stereocenters. The summed E-state index contributed by atoms with van der Waals surface area (Å²) in [5, 5.41) is 3.99. The first-order chi connectivity index (χ1) is 12.5. The Labute approximate surface area is 151 Å². The summed E-state index contributed by atoms with van der Waals surface area (Å²) in [5.74, 6) is 0.714. The average Bonchev–Trinajstić information content (AvgIpc) is 2.90. The summed E-state index contributed by atoms with van der Waals surface area (Å²) in [4.78, 5) is 14.8. The van der Waals surface area contributed by atoms with Gasteiger partial charge in [0.2, 0.25) is 0 Å². The lowest BCUT2D eigenvalue weighted by Gasteiger charge is -2.33. The lowest BCUT2D eigenvalue weighted by atomic mass is 10.1. The van der Waals surface area contributed by atoms with Gasteiger partial charge in [-0.2, -0.15) is 0 Å². The van der Waals surface area contributed by atoms with Gasteiger partial charge in [0.25, 0.3) is 5.56 Å². The minimum Gasteiger partial charge on any atom is -0.394 e. The van der Waals surface area contributed by atoms with E-state index in [1.54, 1.807) is 10.6 Å². The molecule has 6 heteroatoms. The molecule has 1 aliphatic heterocycles. The van der Waals surface area contributed by atoms with Gasteiger partial charge in [0.05, 0.1) is 17.9 Å². The summed E-state index contributed by atoms with van der Waals surface area (Å²) in [6.07, 6.45) is 3.08. The monoisotopic (exact) mass is 350 g/mol. The number of benzene rings is 1. The number of nitrogens with two attached hydrogens (primary N) is 1. The molecular formula is C20H22N4O2. The molecule has 1 aliphatic rings. The summed E-state index contributed by atoms with van der Waals surface area (Å²) in [7, 11) is 0. The van der Waals surface area contributed by atoms with Crippen molar-refractivity contribution in [1.29, 1.82) is 0 Å². The number of nitrogens with zero attached hydrogens (tertiary/aromatic N) is 3. The fourth-order valence-corrected chi connectivity index (χ4v) is 3.39. The lowest BCUT2D eigenvalue weighted by Crippen LogP contribution is -2.36. The molecule has 1 saturated heterocycles. The summed E-state index contributed by atoms with van der Waals surface area (Å²) in [6, 6.07) is 10.1. The van der Waals surface area contributed by atoms with Crippen LogP contribution < -0.4 is 16.2 Å². The summed E-state index contributed by atoms with van der Waals surface area (Å²) in [5.41, 5.74) is 10.8. The highest BCUT2D eigenvalue weighted by Gasteiger charge is 2.16. The van der Waals surface area contributed by atoms with Crippen molar-refractivity contribution in [2.45, 2.75) is 26.8 Å². The van der Waals surface area contributed by atoms with E-state index in [4.69, 9.17) is 10.3 Å². The van der Waals surface area contributed by atoms with Gasteiger partial charge in [-0.15, -0.1) is 0 Å². The molecule has 0 bridgehead atoms. The van der Waals surface area contributed by atoms with E-state index in [-0.39, 0.29) is 11.2 Å². The maximum atomic E-state index is 12.5. The Bertz CT molecular complexity index is 978. The van der Waals surface area contributed by atoms with Crippen LogP contribution in [0.25, 0.3) is 11.1 Å². The Morgan fingerprint density at radius 2 is 1.92 bits per heavy atom. The van der Waals surface area contributed by atoms with E-state index in [9.17, 15) is 4.79 Å². The van der Waals surface area contributed by atoms with Crippen molar-refractivity contribution in [2.75, 3.05) is 23.7 Å². The zero-order valence-corrected chi connectivity index (χ0v) is 15.0. The van der Waals surface area contributed by atoms with Gasteiger partial charge in [0.1, 0.15) is 5.76 Å². The molecular weight excluding hydrogens is 328 g/mol. The molecule has 26 heavy (non-hydrogen) atoms. The second-order valence-corrected chi connectivity index (χ2v) is 6.82. The fraction of sp³-hybridized carbons (Fsp3) is 0.300. The molecule has 3 aromatic rings. The van der Waals surface area contributed by atoms with Crippen LogP contribution in [0.2, 0.25) is 0 Å². The predicted octanol–water partition coefficient (Wildman–Crippen LogP) is 2.96. The number of aryl methyl sites for hydroxylation is 2. The van der Waals surface area contributed by atoms with Crippen LogP contribution in [0.4, 0.5) is 11.4 Å². The van der Waals surface area contributed by atoms with Gasteiger partial charge in [0, 0.05) is 36.1 Å². The van der Waals surface area contributed by atoms with E-state index in [1.807, 2.05) is 20.0 Å². The van der Waals surface area contributed by atoms with Crippen molar-refractivity contribution in [3.63, 3.8) is 0 Å². The topological polar surface area (TPSA) is 77.3 Å². The molecule has 134 valence electrons. The van der Waals surface area contributed by atoms with Gasteiger partial charge in [-0.1, -0.05) is 17.3 Å². The number of pyridine rings is 1. The fourth-order valence-electron chi connectivity index (χ4n) is 3.39. The van der Waals surface area contributed by atoms with Crippen molar-refractivity contribution >= 4 is 11.4 Å². The molecule has 1 fully saturated rings. The second kappa shape index (κ2) is 6.37. The van der Waals surface area contributed by atoms with E-state index < -0.39 is 0 Å². The SMILES string of the molecule is Cc1noc(C)c1-c1cc(N)c(=O)n(Cc2ccc(N3CCC3)cc2)c1. The van der Waals surface area contributed by atoms with Crippen molar-refractivity contribution in [3.05, 3.63) is 63.9 Å². The van der Waals surface area contributed by atoms with Crippen molar-refractivity contribution in [1.82, 2.24) is 9.72 Å². The molecule has 0 aliphatic carbocycles. The van der Waals surface area contributed by atoms with E-state index in [1.165, 1.54) is 12.1 Å². The molecule has 4 rings (SSSR count). The molecule has 0 unspecified atom stereocenters. The normalized spacial score (nSPS) is 13.7. The molecule has 1 aromatic carbocycles. The number of nitrogen functional groups attached to an aromatic ring is 1. The minimum absolute atomic E-state index is 0.188. The van der Waals surface area contributed by atoms with Crippen LogP contribution in [0.5, 0.6) is 0 Å². The Balaban J connectivity index is 1.66. The third-order valence-electron chi connectivity index (χ3n) is 4.95. The van der Waals surface area contributed by atoms with Gasteiger partial charge in [0.15, 0.2) is 0 Å². The van der Waals surface area contributed by atoms with Gasteiger partial charge in [-0.05, 0) is 44.0 Å². The van der Waals surface area contributed by atoms with Crippen LogP contribution in [0, 0.1) is 13.8 Å². The number of rotatable bonds is 4. The Morgan fingerprint density at radius 1 is 1.19 bits per heavy atom. The average molecular weight is 350 g/mol. The molecule has 3 heterocycles. The van der Waals surface area contributed by atoms with Crippen LogP contribution in [-0.4, -0.2) is 22.8 Å². The van der Waals surface area contributed by atoms with E-state index >= 15 is 0 Å². The van der Waals surface area contributed by atoms with Crippen LogP contribution >= 0.6 is 0 Å². The molecule has 2 aromatic heterocycles. The Hall–Kier alpha value is -3.02. The quantitative estimate of drug-likeness (QED) is 0.783. The van der Waals surface area contributed by atoms with E-state index in [0.717, 1.165) is 35.5 Å². The summed E-state index contributed by atoms with van der Waals surface area (Å²) in [6.45, 7) is 6.45. The first-order valence-electron chi connectivity index (χ1n) is 8.80. The zero-order valence-electron chi connectivity index (χ0n) is 15.0. The number of hydrogen-bond acceptors (Lipinski definition) is 5. The van der Waals surface area contributed by atoms with Gasteiger partial charge in [-0.3, -0.25) is 4.79 Å². The number of aromatic nitrogens is 2. The van der Waals surface area contributed by atoms with E-state index in [0.29, 0.717) is 12.3 Å². The summed E-state index contributed by atoms with van der Waals surface area (Å²) >= 11 is 0. The molecule has 0 radical (unpaired) electrons. The molecule has 0 saturated carbocycles. The highest BCUT2D eigenvalue weighted by atomic mass is 16.5. The second-order valence-electron chi connectivity index (χ2n) is 6.82. The van der Waals surface area contributed by atoms with Crippen LogP contribution in [0.3, 0.4) is 0 Å². The first kappa shape index (κ1) is 16.4. The largest absolute Gasteiger partial charge is 0.394 e. The minimum atomic E-state index is -0.188. The Morgan fingerprint density at radius 3 is 2.50 bits per heavy atom. The van der Waals surface area contributed by atoms with Crippen LogP contribution in [-0.2, 0) is 6.54 Å². The first-order valence-corrected chi connectivity index (χ1v) is 8.80. The zero-order chi connectivity index (χ0) is 18.3. The van der Waals surface area contributed by atoms with Crippen molar-refractivity contribution < 1.29 is 4.52 Å². The maximum absolute atomic E-state index is 12.5. The predicted molar refractivity (Wildman–Crippen MR) is 102 cm³/mol. The maximum Gasteiger partial charge on any atom is 0.274 e. The van der Waals surface area contributed by atoms with Gasteiger partial charge >= 0.3 is 0 Å². The lowest BCUT2D eigenvalue weighted by molar-refractivity contribution is 0.393. The van der Waals surface area contributed by atoms with Gasteiger partial charge in [-0.25, -0.2) is 0 Å². The molecule has 2 N–H and O–H groups in total.